The van der Waals surface area contributed by atoms with Crippen molar-refractivity contribution < 1.29 is 14.3 Å². The number of hydrogen-bond acceptors (Lipinski definition) is 4. The molecule has 5 nitrogen and oxygen atoms in total. The molecule has 0 fully saturated rings. The van der Waals surface area contributed by atoms with Crippen molar-refractivity contribution in [2.24, 2.45) is 5.10 Å². The Bertz CT molecular complexity index is 799. The van der Waals surface area contributed by atoms with Crippen molar-refractivity contribution in [1.29, 1.82) is 0 Å². The van der Waals surface area contributed by atoms with E-state index in [1.165, 1.54) is 11.1 Å². The van der Waals surface area contributed by atoms with Crippen molar-refractivity contribution in [3.05, 3.63) is 59.2 Å². The van der Waals surface area contributed by atoms with Gasteiger partial charge in [-0.15, -0.1) is 0 Å². The van der Waals surface area contributed by atoms with Gasteiger partial charge in [0.05, 0.1) is 5.71 Å². The molecule has 24 heavy (non-hydrogen) atoms. The average molecular weight is 324 g/mol. The van der Waals surface area contributed by atoms with Crippen LogP contribution in [-0.4, -0.2) is 24.3 Å². The van der Waals surface area contributed by atoms with E-state index < -0.39 is 6.10 Å². The van der Waals surface area contributed by atoms with Gasteiger partial charge in [0.1, 0.15) is 6.61 Å². The maximum atomic E-state index is 12.2. The number of rotatable bonds is 3. The van der Waals surface area contributed by atoms with Crippen molar-refractivity contribution in [1.82, 2.24) is 5.43 Å². The summed E-state index contributed by atoms with van der Waals surface area (Å²) in [6, 6.07) is 13.4. The summed E-state index contributed by atoms with van der Waals surface area (Å²) in [6.45, 7) is 6.14. The van der Waals surface area contributed by atoms with Gasteiger partial charge in [-0.2, -0.15) is 5.10 Å². The van der Waals surface area contributed by atoms with Crippen molar-refractivity contribution in [2.45, 2.75) is 26.9 Å². The van der Waals surface area contributed by atoms with Crippen LogP contribution >= 0.6 is 0 Å². The second-order valence-corrected chi connectivity index (χ2v) is 5.84. The number of amides is 1. The first kappa shape index (κ1) is 16.1. The van der Waals surface area contributed by atoms with Crippen molar-refractivity contribution in [2.75, 3.05) is 6.61 Å². The lowest BCUT2D eigenvalue weighted by Gasteiger charge is -2.24. The molecule has 2 aromatic carbocycles. The number of nitrogens with one attached hydrogen (secondary N) is 1. The van der Waals surface area contributed by atoms with Crippen LogP contribution in [0.3, 0.4) is 0 Å². The molecule has 1 heterocycles. The minimum Gasteiger partial charge on any atom is -0.485 e. The Morgan fingerprint density at radius 1 is 1.12 bits per heavy atom. The normalized spacial score (nSPS) is 16.6. The van der Waals surface area contributed by atoms with Crippen LogP contribution < -0.4 is 14.9 Å². The van der Waals surface area contributed by atoms with Gasteiger partial charge in [-0.1, -0.05) is 24.3 Å². The second kappa shape index (κ2) is 6.74. The molecule has 2 aromatic rings. The Morgan fingerprint density at radius 3 is 2.62 bits per heavy atom. The van der Waals surface area contributed by atoms with Crippen molar-refractivity contribution in [3.8, 4) is 11.5 Å². The predicted octanol–water partition coefficient (Wildman–Crippen LogP) is 2.98. The number of carbonyl (C=O) groups excluding carboxylic acids is 1. The summed E-state index contributed by atoms with van der Waals surface area (Å²) in [4.78, 5) is 12.2. The Labute approximate surface area is 141 Å². The van der Waals surface area contributed by atoms with E-state index >= 15 is 0 Å². The van der Waals surface area contributed by atoms with E-state index in [9.17, 15) is 4.79 Å². The van der Waals surface area contributed by atoms with E-state index in [2.05, 4.69) is 30.4 Å². The van der Waals surface area contributed by atoms with Gasteiger partial charge in [-0.25, -0.2) is 5.43 Å². The first-order valence-corrected chi connectivity index (χ1v) is 7.85. The minimum absolute atomic E-state index is 0.168. The summed E-state index contributed by atoms with van der Waals surface area (Å²) in [7, 11) is 0. The minimum atomic E-state index is -0.712. The Hall–Kier alpha value is -2.82. The molecule has 0 radical (unpaired) electrons. The van der Waals surface area contributed by atoms with Gasteiger partial charge >= 0.3 is 0 Å². The molecule has 1 unspecified atom stereocenters. The molecular weight excluding hydrogens is 304 g/mol. The fourth-order valence-corrected chi connectivity index (χ4v) is 2.39. The maximum Gasteiger partial charge on any atom is 0.284 e. The standard InChI is InChI=1S/C19H20N2O3/c1-12-8-9-15(10-13(12)2)14(3)20-21-19(22)18-11-23-16-6-4-5-7-17(16)24-18/h4-10,18H,11H2,1-3H3,(H,21,22). The number of benzene rings is 2. The smallest absolute Gasteiger partial charge is 0.284 e. The molecule has 124 valence electrons. The topological polar surface area (TPSA) is 59.9 Å². The molecule has 3 rings (SSSR count). The van der Waals surface area contributed by atoms with Gasteiger partial charge in [0.15, 0.2) is 11.5 Å². The zero-order valence-corrected chi connectivity index (χ0v) is 14.0. The number of fused-ring (bicyclic) bond motifs is 1. The summed E-state index contributed by atoms with van der Waals surface area (Å²) in [5.41, 5.74) is 6.69. The molecule has 1 amide bonds. The molecular formula is C19H20N2O3. The van der Waals surface area contributed by atoms with E-state index in [1.807, 2.05) is 37.3 Å². The van der Waals surface area contributed by atoms with E-state index in [4.69, 9.17) is 9.47 Å². The van der Waals surface area contributed by atoms with Crippen LogP contribution in [0, 0.1) is 13.8 Å². The third-order valence-corrected chi connectivity index (χ3v) is 4.06. The molecule has 1 atom stereocenters. The van der Waals surface area contributed by atoms with Crippen LogP contribution in [0.1, 0.15) is 23.6 Å². The fourth-order valence-electron chi connectivity index (χ4n) is 2.39. The largest absolute Gasteiger partial charge is 0.485 e. The lowest BCUT2D eigenvalue weighted by atomic mass is 10.0. The highest BCUT2D eigenvalue weighted by atomic mass is 16.6. The van der Waals surface area contributed by atoms with Gasteiger partial charge in [0, 0.05) is 0 Å². The number of hydrogen-bond donors (Lipinski definition) is 1. The highest BCUT2D eigenvalue weighted by molar-refractivity contribution is 5.99. The highest BCUT2D eigenvalue weighted by Gasteiger charge is 2.27. The number of ether oxygens (including phenoxy) is 2. The van der Waals surface area contributed by atoms with E-state index in [0.717, 1.165) is 11.3 Å². The second-order valence-electron chi connectivity index (χ2n) is 5.84. The Kier molecular flexibility index (Phi) is 4.51. The van der Waals surface area contributed by atoms with E-state index in [1.54, 1.807) is 6.07 Å². The van der Waals surface area contributed by atoms with E-state index in [0.29, 0.717) is 11.5 Å². The molecule has 1 aliphatic rings. The molecule has 0 saturated heterocycles. The first-order chi connectivity index (χ1) is 11.5. The summed E-state index contributed by atoms with van der Waals surface area (Å²) in [5, 5.41) is 4.18. The zero-order valence-electron chi connectivity index (χ0n) is 14.0. The van der Waals surface area contributed by atoms with Crippen molar-refractivity contribution in [3.63, 3.8) is 0 Å². The molecule has 0 bridgehead atoms. The van der Waals surface area contributed by atoms with Crippen LogP contribution in [0.5, 0.6) is 11.5 Å². The molecule has 0 saturated carbocycles. The summed E-state index contributed by atoms with van der Waals surface area (Å²) in [6.07, 6.45) is -0.712. The zero-order chi connectivity index (χ0) is 17.1. The summed E-state index contributed by atoms with van der Waals surface area (Å²) < 4.78 is 11.2. The molecule has 0 aliphatic carbocycles. The predicted molar refractivity (Wildman–Crippen MR) is 92.6 cm³/mol. The van der Waals surface area contributed by atoms with Crippen LogP contribution in [0.4, 0.5) is 0 Å². The average Bonchev–Trinajstić information content (AvgIpc) is 2.61. The molecule has 5 heteroatoms. The summed E-state index contributed by atoms with van der Waals surface area (Å²) >= 11 is 0. The highest BCUT2D eigenvalue weighted by Crippen LogP contribution is 2.30. The van der Waals surface area contributed by atoms with Crippen LogP contribution in [0.2, 0.25) is 0 Å². The van der Waals surface area contributed by atoms with Crippen LogP contribution in [-0.2, 0) is 4.79 Å². The SMILES string of the molecule is CC(=NNC(=O)C1COc2ccccc2O1)c1ccc(C)c(C)c1. The number of carbonyl (C=O) groups is 1. The first-order valence-electron chi connectivity index (χ1n) is 7.85. The Balaban J connectivity index is 1.66. The molecule has 1 N–H and O–H groups in total. The Morgan fingerprint density at radius 2 is 1.88 bits per heavy atom. The van der Waals surface area contributed by atoms with Gasteiger partial charge < -0.3 is 9.47 Å². The summed E-state index contributed by atoms with van der Waals surface area (Å²) in [5.74, 6) is 0.891. The van der Waals surface area contributed by atoms with Crippen molar-refractivity contribution >= 4 is 11.6 Å². The molecule has 0 spiro atoms. The van der Waals surface area contributed by atoms with Gasteiger partial charge in [0.25, 0.3) is 5.91 Å². The monoisotopic (exact) mass is 324 g/mol. The third kappa shape index (κ3) is 3.40. The van der Waals surface area contributed by atoms with E-state index in [-0.39, 0.29) is 12.5 Å². The maximum absolute atomic E-state index is 12.2. The van der Waals surface area contributed by atoms with Crippen LogP contribution in [0.25, 0.3) is 0 Å². The number of hydrazone groups is 1. The number of nitrogens with zero attached hydrogens (tertiary/aromatic N) is 1. The van der Waals surface area contributed by atoms with Gasteiger partial charge in [0.2, 0.25) is 6.10 Å². The molecule has 1 aliphatic heterocycles. The van der Waals surface area contributed by atoms with Gasteiger partial charge in [-0.3, -0.25) is 4.79 Å². The fraction of sp³-hybridized carbons (Fsp3) is 0.263. The van der Waals surface area contributed by atoms with Crippen LogP contribution in [0.15, 0.2) is 47.6 Å². The number of aryl methyl sites for hydroxylation is 2. The third-order valence-electron chi connectivity index (χ3n) is 4.06. The van der Waals surface area contributed by atoms with Gasteiger partial charge in [-0.05, 0) is 55.7 Å². The quantitative estimate of drug-likeness (QED) is 0.697. The number of para-hydroxylation sites is 2. The lowest BCUT2D eigenvalue weighted by Crippen LogP contribution is -2.42. The molecule has 0 aromatic heterocycles. The lowest BCUT2D eigenvalue weighted by molar-refractivity contribution is -0.130.